The number of aromatic nitrogens is 1. The molecule has 35 heavy (non-hydrogen) atoms. The minimum atomic E-state index is -0.703. The van der Waals surface area contributed by atoms with Gasteiger partial charge in [-0.1, -0.05) is 41.9 Å². The first-order valence-electron chi connectivity index (χ1n) is 11.3. The maximum atomic E-state index is 15.1. The van der Waals surface area contributed by atoms with Gasteiger partial charge in [-0.05, 0) is 44.9 Å². The van der Waals surface area contributed by atoms with Gasteiger partial charge in [0.15, 0.2) is 5.82 Å². The second-order valence-corrected chi connectivity index (χ2v) is 11.4. The van der Waals surface area contributed by atoms with E-state index >= 15 is 4.39 Å². The van der Waals surface area contributed by atoms with Crippen molar-refractivity contribution in [3.05, 3.63) is 69.8 Å². The molecule has 1 aliphatic heterocycles. The van der Waals surface area contributed by atoms with E-state index in [1.54, 1.807) is 31.7 Å². The lowest BCUT2D eigenvalue weighted by Gasteiger charge is -2.25. The molecule has 1 N–H and O–H groups in total. The first-order chi connectivity index (χ1) is 16.7. The van der Waals surface area contributed by atoms with Gasteiger partial charge in [-0.25, -0.2) is 14.2 Å². The summed E-state index contributed by atoms with van der Waals surface area (Å²) >= 11 is 8.77. The number of carbonyl (C=O) groups excluding carboxylic acids is 1. The van der Waals surface area contributed by atoms with Crippen molar-refractivity contribution in [1.82, 2.24) is 9.88 Å². The van der Waals surface area contributed by atoms with Crippen LogP contribution < -0.4 is 9.62 Å². The van der Waals surface area contributed by atoms with Crippen molar-refractivity contribution in [2.45, 2.75) is 50.3 Å². The fourth-order valence-corrected chi connectivity index (χ4v) is 5.44. The maximum Gasteiger partial charge on any atom is 0.426 e. The molecule has 0 radical (unpaired) electrons. The molecule has 10 heteroatoms. The Balaban J connectivity index is 1.44. The topological polar surface area (TPSA) is 57.7 Å². The standard InChI is InChI=1S/C25H28ClFN4O2S2/c1-25(2,3)33-24(32)31(23-15-34-16-28-23)35-22-11-19(26)21(12-20(22)27)29-18-9-10-30(14-18)13-17-7-5-4-6-8-17/h4-8,11-12,15-16,18,29H,9-10,13-14H2,1-3H3. The summed E-state index contributed by atoms with van der Waals surface area (Å²) in [7, 11) is 0. The van der Waals surface area contributed by atoms with E-state index in [4.69, 9.17) is 16.3 Å². The summed E-state index contributed by atoms with van der Waals surface area (Å²) in [5, 5.41) is 5.48. The lowest BCUT2D eigenvalue weighted by atomic mass is 10.2. The summed E-state index contributed by atoms with van der Waals surface area (Å²) in [5.41, 5.74) is 2.71. The molecule has 6 nitrogen and oxygen atoms in total. The minimum Gasteiger partial charge on any atom is -0.443 e. The van der Waals surface area contributed by atoms with Crippen molar-refractivity contribution in [1.29, 1.82) is 0 Å². The molecule has 1 atom stereocenters. The van der Waals surface area contributed by atoms with Crippen LogP contribution in [0.2, 0.25) is 5.02 Å². The van der Waals surface area contributed by atoms with Crippen molar-refractivity contribution >= 4 is 52.5 Å². The third-order valence-corrected chi connectivity index (χ3v) is 7.19. The van der Waals surface area contributed by atoms with Crippen molar-refractivity contribution in [3.8, 4) is 0 Å². The summed E-state index contributed by atoms with van der Waals surface area (Å²) in [6.07, 6.45) is 0.313. The average molecular weight is 535 g/mol. The lowest BCUT2D eigenvalue weighted by Crippen LogP contribution is -2.33. The van der Waals surface area contributed by atoms with E-state index in [2.05, 4.69) is 27.3 Å². The highest BCUT2D eigenvalue weighted by Crippen LogP contribution is 2.36. The number of hydrogen-bond acceptors (Lipinski definition) is 7. The van der Waals surface area contributed by atoms with Gasteiger partial charge in [0.05, 0.1) is 21.1 Å². The summed E-state index contributed by atoms with van der Waals surface area (Å²) in [4.78, 5) is 19.6. The minimum absolute atomic E-state index is 0.169. The van der Waals surface area contributed by atoms with E-state index in [9.17, 15) is 4.79 Å². The summed E-state index contributed by atoms with van der Waals surface area (Å²) < 4.78 is 21.9. The molecular formula is C25H28ClFN4O2S2. The molecule has 1 aliphatic rings. The van der Waals surface area contributed by atoms with Gasteiger partial charge in [-0.15, -0.1) is 11.3 Å². The molecule has 0 saturated carbocycles. The third kappa shape index (κ3) is 7.10. The van der Waals surface area contributed by atoms with Crippen LogP contribution in [0.15, 0.2) is 58.3 Å². The highest BCUT2D eigenvalue weighted by atomic mass is 35.5. The molecule has 1 aromatic heterocycles. The number of likely N-dealkylation sites (tertiary alicyclic amines) is 1. The first kappa shape index (κ1) is 25.8. The van der Waals surface area contributed by atoms with Crippen LogP contribution in [-0.4, -0.2) is 40.7 Å². The van der Waals surface area contributed by atoms with Crippen LogP contribution in [0.25, 0.3) is 0 Å². The Labute approximate surface area is 218 Å². The average Bonchev–Trinajstić information content (AvgIpc) is 3.47. The van der Waals surface area contributed by atoms with Crippen molar-refractivity contribution in [2.24, 2.45) is 0 Å². The maximum absolute atomic E-state index is 15.1. The first-order valence-corrected chi connectivity index (χ1v) is 13.4. The van der Waals surface area contributed by atoms with Gasteiger partial charge in [0.1, 0.15) is 11.4 Å². The third-order valence-electron chi connectivity index (χ3n) is 5.28. The number of nitrogens with zero attached hydrogens (tertiary/aromatic N) is 3. The Morgan fingerprint density at radius 2 is 2.11 bits per heavy atom. The molecule has 3 aromatic rings. The largest absolute Gasteiger partial charge is 0.443 e. The predicted octanol–water partition coefficient (Wildman–Crippen LogP) is 7.07. The van der Waals surface area contributed by atoms with E-state index in [-0.39, 0.29) is 10.9 Å². The van der Waals surface area contributed by atoms with Crippen LogP contribution in [0.3, 0.4) is 0 Å². The van der Waals surface area contributed by atoms with Gasteiger partial charge < -0.3 is 10.1 Å². The predicted molar refractivity (Wildman–Crippen MR) is 142 cm³/mol. The molecule has 0 bridgehead atoms. The number of amides is 1. The number of anilines is 2. The molecule has 2 heterocycles. The zero-order chi connectivity index (χ0) is 25.0. The number of benzene rings is 2. The second-order valence-electron chi connectivity index (χ2n) is 9.33. The van der Waals surface area contributed by atoms with E-state index in [1.807, 2.05) is 18.2 Å². The van der Waals surface area contributed by atoms with Gasteiger partial charge in [0.2, 0.25) is 0 Å². The molecular weight excluding hydrogens is 507 g/mol. The zero-order valence-corrected chi connectivity index (χ0v) is 22.2. The Bertz CT molecular complexity index is 1140. The molecule has 186 valence electrons. The highest BCUT2D eigenvalue weighted by Gasteiger charge is 2.28. The number of thiazole rings is 1. The second kappa shape index (κ2) is 11.2. The van der Waals surface area contributed by atoms with Gasteiger partial charge in [0.25, 0.3) is 0 Å². The summed E-state index contributed by atoms with van der Waals surface area (Å²) in [6, 6.07) is 13.4. The monoisotopic (exact) mass is 534 g/mol. The number of carbonyl (C=O) groups is 1. The van der Waals surface area contributed by atoms with E-state index in [0.717, 1.165) is 38.0 Å². The van der Waals surface area contributed by atoms with Gasteiger partial charge >= 0.3 is 6.09 Å². The van der Waals surface area contributed by atoms with E-state index < -0.39 is 17.5 Å². The molecule has 1 saturated heterocycles. The molecule has 1 unspecified atom stereocenters. The Hall–Kier alpha value is -2.33. The Kier molecular flexibility index (Phi) is 8.21. The zero-order valence-electron chi connectivity index (χ0n) is 19.8. The number of nitrogens with one attached hydrogen (secondary N) is 1. The van der Waals surface area contributed by atoms with Crippen LogP contribution in [-0.2, 0) is 11.3 Å². The summed E-state index contributed by atoms with van der Waals surface area (Å²) in [5.74, 6) is -0.110. The van der Waals surface area contributed by atoms with Crippen molar-refractivity contribution in [3.63, 3.8) is 0 Å². The number of rotatable bonds is 7. The molecule has 2 aromatic carbocycles. The fraction of sp³-hybridized carbons (Fsp3) is 0.360. The van der Waals surface area contributed by atoms with Gasteiger partial charge in [0, 0.05) is 43.0 Å². The normalized spacial score (nSPS) is 16.3. The lowest BCUT2D eigenvalue weighted by molar-refractivity contribution is 0.0611. The van der Waals surface area contributed by atoms with Crippen molar-refractivity contribution in [2.75, 3.05) is 22.7 Å². The Morgan fingerprint density at radius 3 is 2.80 bits per heavy atom. The highest BCUT2D eigenvalue weighted by molar-refractivity contribution is 8.01. The molecule has 0 aliphatic carbocycles. The van der Waals surface area contributed by atoms with Crippen LogP contribution in [0.5, 0.6) is 0 Å². The molecule has 1 amide bonds. The summed E-state index contributed by atoms with van der Waals surface area (Å²) in [6.45, 7) is 8.01. The number of hydrogen-bond donors (Lipinski definition) is 1. The van der Waals surface area contributed by atoms with Crippen LogP contribution in [0.1, 0.15) is 32.8 Å². The van der Waals surface area contributed by atoms with Crippen LogP contribution in [0, 0.1) is 5.82 Å². The quantitative estimate of drug-likeness (QED) is 0.327. The van der Waals surface area contributed by atoms with Crippen LogP contribution in [0.4, 0.5) is 20.7 Å². The molecule has 4 rings (SSSR count). The smallest absolute Gasteiger partial charge is 0.426 e. The molecule has 0 spiro atoms. The SMILES string of the molecule is CC(C)(C)OC(=O)N(Sc1cc(Cl)c(NC2CCN(Cc3ccccc3)C2)cc1F)c1cscn1. The van der Waals surface area contributed by atoms with E-state index in [1.165, 1.54) is 33.3 Å². The van der Waals surface area contributed by atoms with Gasteiger partial charge in [-0.2, -0.15) is 4.31 Å². The number of halogens is 2. The van der Waals surface area contributed by atoms with E-state index in [0.29, 0.717) is 16.5 Å². The van der Waals surface area contributed by atoms with Crippen LogP contribution >= 0.6 is 34.9 Å². The van der Waals surface area contributed by atoms with Crippen molar-refractivity contribution < 1.29 is 13.9 Å². The van der Waals surface area contributed by atoms with Gasteiger partial charge in [-0.3, -0.25) is 4.90 Å². The fourth-order valence-electron chi connectivity index (χ4n) is 3.75. The number of ether oxygens (including phenoxy) is 1. The Morgan fingerprint density at radius 1 is 1.34 bits per heavy atom. The molecule has 1 fully saturated rings.